The average molecular weight is 481 g/mol. The molecule has 3 N–H and O–H groups in total. The summed E-state index contributed by atoms with van der Waals surface area (Å²) in [5, 5.41) is 9.65. The van der Waals surface area contributed by atoms with Gasteiger partial charge < -0.3 is 20.5 Å². The van der Waals surface area contributed by atoms with E-state index >= 15 is 0 Å². The summed E-state index contributed by atoms with van der Waals surface area (Å²) >= 11 is 0. The second kappa shape index (κ2) is 13.4. The van der Waals surface area contributed by atoms with E-state index in [1.807, 2.05) is 18.6 Å². The standard InChI is InChI=1S/C27H40N6O2/c34-26(30-13-11-24-18-29-21-33(24)15-12-22-7-3-1-4-8-22)17-25-19-28-14-16-32(25)20-27(35)31-23-9-5-2-6-10-23/h1,3-4,7-8,18,21,23,25,28H,2,5-6,9-17,19-20H2,(H,30,34)(H,31,35)/t25-/m1/s1. The maximum atomic E-state index is 12.7. The molecule has 190 valence electrons. The first kappa shape index (κ1) is 25.4. The third-order valence-electron chi connectivity index (χ3n) is 7.20. The van der Waals surface area contributed by atoms with Gasteiger partial charge >= 0.3 is 0 Å². The van der Waals surface area contributed by atoms with Crippen molar-refractivity contribution in [1.82, 2.24) is 30.4 Å². The van der Waals surface area contributed by atoms with Gasteiger partial charge in [0.25, 0.3) is 0 Å². The molecule has 1 aliphatic heterocycles. The number of rotatable bonds is 11. The summed E-state index contributed by atoms with van der Waals surface area (Å²) < 4.78 is 2.16. The first-order chi connectivity index (χ1) is 17.2. The lowest BCUT2D eigenvalue weighted by molar-refractivity contribution is -0.126. The lowest BCUT2D eigenvalue weighted by atomic mass is 9.95. The Labute approximate surface area is 208 Å². The fraction of sp³-hybridized carbons (Fsp3) is 0.593. The summed E-state index contributed by atoms with van der Waals surface area (Å²) in [5.41, 5.74) is 2.43. The predicted molar refractivity (Wildman–Crippen MR) is 137 cm³/mol. The van der Waals surface area contributed by atoms with Gasteiger partial charge in [-0.2, -0.15) is 0 Å². The number of nitrogens with one attached hydrogen (secondary N) is 3. The molecule has 2 aromatic rings. The molecule has 2 amide bonds. The number of carbonyl (C=O) groups excluding carboxylic acids is 2. The molecule has 1 aliphatic carbocycles. The van der Waals surface area contributed by atoms with E-state index in [1.165, 1.54) is 24.8 Å². The zero-order chi connectivity index (χ0) is 24.3. The predicted octanol–water partition coefficient (Wildman–Crippen LogP) is 1.90. The third-order valence-corrected chi connectivity index (χ3v) is 7.20. The van der Waals surface area contributed by atoms with Gasteiger partial charge in [0.1, 0.15) is 0 Å². The smallest absolute Gasteiger partial charge is 0.234 e. The molecule has 8 nitrogen and oxygen atoms in total. The Kier molecular flexibility index (Phi) is 9.72. The van der Waals surface area contributed by atoms with Crippen molar-refractivity contribution in [2.75, 3.05) is 32.7 Å². The Balaban J connectivity index is 1.18. The van der Waals surface area contributed by atoms with Gasteiger partial charge in [0, 0.05) is 69.5 Å². The van der Waals surface area contributed by atoms with Gasteiger partial charge in [-0.3, -0.25) is 14.5 Å². The Morgan fingerprint density at radius 2 is 1.89 bits per heavy atom. The quantitative estimate of drug-likeness (QED) is 0.457. The zero-order valence-electron chi connectivity index (χ0n) is 20.8. The molecule has 0 spiro atoms. The SMILES string of the molecule is O=C(C[C@@H]1CNCCN1CC(=O)NC1CCCCC1)NCCc1cncn1CCc1ccccc1. The van der Waals surface area contributed by atoms with E-state index in [2.05, 4.69) is 54.7 Å². The Morgan fingerprint density at radius 1 is 1.06 bits per heavy atom. The zero-order valence-corrected chi connectivity index (χ0v) is 20.8. The maximum Gasteiger partial charge on any atom is 0.234 e. The Morgan fingerprint density at radius 3 is 2.71 bits per heavy atom. The van der Waals surface area contributed by atoms with Crippen LogP contribution in [0.15, 0.2) is 42.9 Å². The van der Waals surface area contributed by atoms with Crippen molar-refractivity contribution < 1.29 is 9.59 Å². The van der Waals surface area contributed by atoms with Gasteiger partial charge in [-0.25, -0.2) is 4.98 Å². The van der Waals surface area contributed by atoms with Crippen LogP contribution in [0, 0.1) is 0 Å². The number of carbonyl (C=O) groups is 2. The van der Waals surface area contributed by atoms with Gasteiger partial charge in [0.15, 0.2) is 0 Å². The van der Waals surface area contributed by atoms with E-state index in [0.717, 1.165) is 57.6 Å². The van der Waals surface area contributed by atoms with E-state index in [9.17, 15) is 9.59 Å². The van der Waals surface area contributed by atoms with Crippen molar-refractivity contribution in [3.8, 4) is 0 Å². The van der Waals surface area contributed by atoms with Crippen LogP contribution in [-0.4, -0.2) is 71.1 Å². The van der Waals surface area contributed by atoms with Gasteiger partial charge in [0.2, 0.25) is 11.8 Å². The van der Waals surface area contributed by atoms with Crippen LogP contribution >= 0.6 is 0 Å². The Hall–Kier alpha value is -2.71. The molecule has 8 heteroatoms. The molecule has 2 fully saturated rings. The normalized spacial score (nSPS) is 19.4. The number of hydrogen-bond donors (Lipinski definition) is 3. The van der Waals surface area contributed by atoms with Gasteiger partial charge in [-0.05, 0) is 24.8 Å². The molecule has 1 atom stereocenters. The number of piperazine rings is 1. The molecule has 0 unspecified atom stereocenters. The van der Waals surface area contributed by atoms with E-state index in [0.29, 0.717) is 25.6 Å². The molecular formula is C27H40N6O2. The minimum Gasteiger partial charge on any atom is -0.356 e. The van der Waals surface area contributed by atoms with Gasteiger partial charge in [0.05, 0.1) is 12.9 Å². The van der Waals surface area contributed by atoms with E-state index in [4.69, 9.17) is 0 Å². The fourth-order valence-electron chi connectivity index (χ4n) is 5.19. The van der Waals surface area contributed by atoms with Crippen LogP contribution in [0.1, 0.15) is 49.8 Å². The van der Waals surface area contributed by atoms with Crippen LogP contribution in [0.3, 0.4) is 0 Å². The van der Waals surface area contributed by atoms with E-state index < -0.39 is 0 Å². The highest BCUT2D eigenvalue weighted by atomic mass is 16.2. The maximum absolute atomic E-state index is 12.7. The minimum absolute atomic E-state index is 0.0340. The molecular weight excluding hydrogens is 440 g/mol. The molecule has 1 aromatic heterocycles. The largest absolute Gasteiger partial charge is 0.356 e. The molecule has 1 saturated carbocycles. The average Bonchev–Trinajstić information content (AvgIpc) is 3.32. The molecule has 0 radical (unpaired) electrons. The number of benzene rings is 1. The number of amides is 2. The van der Waals surface area contributed by atoms with Crippen molar-refractivity contribution in [3.05, 3.63) is 54.1 Å². The second-order valence-corrected chi connectivity index (χ2v) is 9.85. The monoisotopic (exact) mass is 480 g/mol. The number of aryl methyl sites for hydroxylation is 2. The summed E-state index contributed by atoms with van der Waals surface area (Å²) in [5.74, 6) is 0.125. The van der Waals surface area contributed by atoms with Crippen molar-refractivity contribution >= 4 is 11.8 Å². The third kappa shape index (κ3) is 8.18. The van der Waals surface area contributed by atoms with Crippen molar-refractivity contribution in [1.29, 1.82) is 0 Å². The highest BCUT2D eigenvalue weighted by Crippen LogP contribution is 2.17. The molecule has 2 heterocycles. The van der Waals surface area contributed by atoms with Gasteiger partial charge in [-0.1, -0.05) is 49.6 Å². The second-order valence-electron chi connectivity index (χ2n) is 9.85. The summed E-state index contributed by atoms with van der Waals surface area (Å²) in [4.78, 5) is 31.8. The lowest BCUT2D eigenvalue weighted by Crippen LogP contribution is -2.56. The lowest BCUT2D eigenvalue weighted by Gasteiger charge is -2.36. The highest BCUT2D eigenvalue weighted by Gasteiger charge is 2.27. The summed E-state index contributed by atoms with van der Waals surface area (Å²) in [6.45, 7) is 4.20. The Bertz CT molecular complexity index is 925. The summed E-state index contributed by atoms with van der Waals surface area (Å²) in [6, 6.07) is 10.8. The number of nitrogens with zero attached hydrogens (tertiary/aromatic N) is 3. The van der Waals surface area contributed by atoms with E-state index in [-0.39, 0.29) is 17.9 Å². The molecule has 2 aliphatic rings. The molecule has 1 aromatic carbocycles. The highest BCUT2D eigenvalue weighted by molar-refractivity contribution is 5.79. The summed E-state index contributed by atoms with van der Waals surface area (Å²) in [7, 11) is 0. The molecule has 0 bridgehead atoms. The van der Waals surface area contributed by atoms with Gasteiger partial charge in [-0.15, -0.1) is 0 Å². The molecule has 4 rings (SSSR count). The topological polar surface area (TPSA) is 91.3 Å². The van der Waals surface area contributed by atoms with Crippen molar-refractivity contribution in [3.63, 3.8) is 0 Å². The summed E-state index contributed by atoms with van der Waals surface area (Å²) in [6.07, 6.45) is 11.7. The van der Waals surface area contributed by atoms with Crippen molar-refractivity contribution in [2.24, 2.45) is 0 Å². The van der Waals surface area contributed by atoms with Crippen LogP contribution in [-0.2, 0) is 29.0 Å². The number of imidazole rings is 1. The van der Waals surface area contributed by atoms with E-state index in [1.54, 1.807) is 0 Å². The molecule has 35 heavy (non-hydrogen) atoms. The van der Waals surface area contributed by atoms with Crippen LogP contribution in [0.2, 0.25) is 0 Å². The van der Waals surface area contributed by atoms with Crippen LogP contribution in [0.25, 0.3) is 0 Å². The number of aromatic nitrogens is 2. The fourth-order valence-corrected chi connectivity index (χ4v) is 5.19. The first-order valence-corrected chi connectivity index (χ1v) is 13.2. The first-order valence-electron chi connectivity index (χ1n) is 13.2. The minimum atomic E-state index is 0.0340. The van der Waals surface area contributed by atoms with Crippen LogP contribution in [0.4, 0.5) is 0 Å². The van der Waals surface area contributed by atoms with Crippen LogP contribution in [0.5, 0.6) is 0 Å². The number of hydrogen-bond acceptors (Lipinski definition) is 5. The van der Waals surface area contributed by atoms with Crippen molar-refractivity contribution in [2.45, 2.75) is 70.0 Å². The van der Waals surface area contributed by atoms with Crippen LogP contribution < -0.4 is 16.0 Å². The molecule has 1 saturated heterocycles.